The van der Waals surface area contributed by atoms with Crippen LogP contribution in [0.1, 0.15) is 86.5 Å². The summed E-state index contributed by atoms with van der Waals surface area (Å²) in [7, 11) is 1.46. The van der Waals surface area contributed by atoms with Crippen LogP contribution in [-0.2, 0) is 43.2 Å². The fraction of sp³-hybridized carbons (Fsp3) is 0.719. The van der Waals surface area contributed by atoms with Gasteiger partial charge in [0.05, 0.1) is 12.8 Å². The number of rotatable bonds is 20. The van der Waals surface area contributed by atoms with Gasteiger partial charge in [-0.25, -0.2) is 0 Å². The van der Waals surface area contributed by atoms with Crippen LogP contribution in [0.15, 0.2) is 0 Å². The number of amides is 7. The summed E-state index contributed by atoms with van der Waals surface area (Å²) in [6, 6.07) is -7.47. The van der Waals surface area contributed by atoms with E-state index >= 15 is 0 Å². The SMILES string of the molecule is CCC[C@H](NC(=O)[C@@H]1CCCN1C(=O)[C@@H](NC(=O)[C@@H](NC(=O)[C@@H](CC(=O)O)NC(=O)[C@H](CC(=O)O)NC(C)=O)[C@@H](C)CC)C(C)C)C(=O)NC. The minimum Gasteiger partial charge on any atom is -0.481 e. The molecule has 7 atom stereocenters. The second-order valence-electron chi connectivity index (χ2n) is 12.8. The van der Waals surface area contributed by atoms with E-state index in [0.717, 1.165) is 6.92 Å². The Balaban J connectivity index is 3.24. The van der Waals surface area contributed by atoms with Crippen molar-refractivity contribution in [2.45, 2.75) is 123 Å². The molecule has 1 aliphatic rings. The lowest BCUT2D eigenvalue weighted by Gasteiger charge is -2.33. The lowest BCUT2D eigenvalue weighted by Crippen LogP contribution is -2.61. The number of nitrogens with one attached hydrogen (secondary N) is 6. The van der Waals surface area contributed by atoms with Gasteiger partial charge in [-0.3, -0.25) is 43.2 Å². The molecule has 0 aromatic carbocycles. The Bertz CT molecular complexity index is 1260. The Morgan fingerprint density at radius 1 is 0.720 bits per heavy atom. The number of hydrogen-bond donors (Lipinski definition) is 8. The standard InChI is InChI=1S/C32H53N7O11/c1-8-11-19(27(45)33-7)35-30(48)22-12-10-13-39(22)32(50)25(16(3)4)37-31(49)26(17(5)9-2)38-29(47)21(15-24(43)44)36-28(46)20(14-23(41)42)34-18(6)40/h16-17,19-22,25-26H,8-15H2,1-7H3,(H,33,45)(H,34,40)(H,35,48)(H,36,46)(H,37,49)(H,38,47)(H,41,42)(H,43,44)/t17-,19-,20-,21+,22-,25-,26-/m0/s1. The van der Waals surface area contributed by atoms with Crippen molar-refractivity contribution in [2.24, 2.45) is 11.8 Å². The predicted octanol–water partition coefficient (Wildman–Crippen LogP) is -1.38. The summed E-state index contributed by atoms with van der Waals surface area (Å²) >= 11 is 0. The number of carbonyl (C=O) groups excluding carboxylic acids is 7. The van der Waals surface area contributed by atoms with Crippen LogP contribution < -0.4 is 31.9 Å². The molecule has 0 saturated carbocycles. The summed E-state index contributed by atoms with van der Waals surface area (Å²) in [6.07, 6.45) is 0.468. The number of likely N-dealkylation sites (N-methyl/N-ethyl adjacent to an activating group) is 1. The van der Waals surface area contributed by atoms with Crippen LogP contribution in [-0.4, -0.2) is 118 Å². The van der Waals surface area contributed by atoms with Crippen LogP contribution in [0.2, 0.25) is 0 Å². The van der Waals surface area contributed by atoms with Crippen molar-refractivity contribution in [1.29, 1.82) is 0 Å². The summed E-state index contributed by atoms with van der Waals surface area (Å²) < 4.78 is 0. The molecule has 0 aliphatic carbocycles. The van der Waals surface area contributed by atoms with Gasteiger partial charge in [-0.1, -0.05) is 47.5 Å². The largest absolute Gasteiger partial charge is 0.481 e. The summed E-state index contributed by atoms with van der Waals surface area (Å²) in [4.78, 5) is 115. The molecule has 7 amide bonds. The highest BCUT2D eigenvalue weighted by Gasteiger charge is 2.41. The highest BCUT2D eigenvalue weighted by Crippen LogP contribution is 2.21. The fourth-order valence-corrected chi connectivity index (χ4v) is 5.48. The molecule has 18 heteroatoms. The van der Waals surface area contributed by atoms with Gasteiger partial charge in [0.25, 0.3) is 0 Å². The third kappa shape index (κ3) is 13.3. The van der Waals surface area contributed by atoms with Gasteiger partial charge in [-0.2, -0.15) is 0 Å². The molecule has 0 aromatic rings. The second kappa shape index (κ2) is 20.7. The van der Waals surface area contributed by atoms with E-state index < -0.39 is 108 Å². The van der Waals surface area contributed by atoms with E-state index in [1.807, 2.05) is 6.92 Å². The van der Waals surface area contributed by atoms with Crippen molar-refractivity contribution in [3.8, 4) is 0 Å². The van der Waals surface area contributed by atoms with Crippen molar-refractivity contribution in [1.82, 2.24) is 36.8 Å². The summed E-state index contributed by atoms with van der Waals surface area (Å²) in [5, 5.41) is 33.3. The summed E-state index contributed by atoms with van der Waals surface area (Å²) in [6.45, 7) is 9.90. The fourth-order valence-electron chi connectivity index (χ4n) is 5.48. The molecule has 1 rings (SSSR count). The highest BCUT2D eigenvalue weighted by atomic mass is 16.4. The topological polar surface area (TPSA) is 270 Å². The van der Waals surface area contributed by atoms with Gasteiger partial charge in [0.15, 0.2) is 0 Å². The number of likely N-dealkylation sites (tertiary alicyclic amines) is 1. The molecule has 0 unspecified atom stereocenters. The Hall–Kier alpha value is -4.77. The highest BCUT2D eigenvalue weighted by molar-refractivity contribution is 5.98. The van der Waals surface area contributed by atoms with Gasteiger partial charge in [0.1, 0.15) is 36.3 Å². The Kier molecular flexibility index (Phi) is 17.9. The van der Waals surface area contributed by atoms with Gasteiger partial charge >= 0.3 is 11.9 Å². The smallest absolute Gasteiger partial charge is 0.305 e. The predicted molar refractivity (Wildman–Crippen MR) is 178 cm³/mol. The van der Waals surface area contributed by atoms with Crippen molar-refractivity contribution in [3.63, 3.8) is 0 Å². The van der Waals surface area contributed by atoms with Crippen molar-refractivity contribution >= 4 is 53.3 Å². The molecule has 50 heavy (non-hydrogen) atoms. The molecule has 1 fully saturated rings. The molecule has 1 aliphatic heterocycles. The van der Waals surface area contributed by atoms with Crippen molar-refractivity contribution < 1.29 is 53.4 Å². The monoisotopic (exact) mass is 711 g/mol. The van der Waals surface area contributed by atoms with Gasteiger partial charge in [0.2, 0.25) is 41.4 Å². The molecule has 1 saturated heterocycles. The number of carboxylic acid groups (broad SMARTS) is 2. The van der Waals surface area contributed by atoms with E-state index in [0.29, 0.717) is 32.1 Å². The molecule has 0 radical (unpaired) electrons. The number of carbonyl (C=O) groups is 9. The summed E-state index contributed by atoms with van der Waals surface area (Å²) in [5.41, 5.74) is 0. The first-order valence-corrected chi connectivity index (χ1v) is 16.8. The van der Waals surface area contributed by atoms with Crippen LogP contribution in [0.3, 0.4) is 0 Å². The average molecular weight is 712 g/mol. The molecule has 8 N–H and O–H groups in total. The zero-order valence-corrected chi connectivity index (χ0v) is 29.8. The van der Waals surface area contributed by atoms with Gasteiger partial charge < -0.3 is 47.0 Å². The Labute approximate surface area is 291 Å². The van der Waals surface area contributed by atoms with Crippen LogP contribution in [0.25, 0.3) is 0 Å². The Morgan fingerprint density at radius 3 is 1.74 bits per heavy atom. The van der Waals surface area contributed by atoms with Crippen LogP contribution >= 0.6 is 0 Å². The third-order valence-corrected chi connectivity index (χ3v) is 8.40. The maximum Gasteiger partial charge on any atom is 0.305 e. The second-order valence-corrected chi connectivity index (χ2v) is 12.8. The van der Waals surface area contributed by atoms with Gasteiger partial charge in [-0.05, 0) is 31.1 Å². The Morgan fingerprint density at radius 2 is 1.26 bits per heavy atom. The zero-order chi connectivity index (χ0) is 38.3. The maximum atomic E-state index is 13.9. The van der Waals surface area contributed by atoms with Crippen LogP contribution in [0.4, 0.5) is 0 Å². The minimum absolute atomic E-state index is 0.234. The maximum absolute atomic E-state index is 13.9. The quantitative estimate of drug-likeness (QED) is 0.0729. The van der Waals surface area contributed by atoms with Gasteiger partial charge in [-0.15, -0.1) is 0 Å². The number of aliphatic carboxylic acids is 2. The van der Waals surface area contributed by atoms with Crippen molar-refractivity contribution in [2.75, 3.05) is 13.6 Å². The van der Waals surface area contributed by atoms with Crippen LogP contribution in [0, 0.1) is 11.8 Å². The van der Waals surface area contributed by atoms with E-state index in [1.54, 1.807) is 27.7 Å². The molecular formula is C32H53N7O11. The number of carboxylic acids is 2. The molecule has 18 nitrogen and oxygen atoms in total. The molecular weight excluding hydrogens is 658 g/mol. The first-order chi connectivity index (χ1) is 23.4. The van der Waals surface area contributed by atoms with E-state index in [1.165, 1.54) is 11.9 Å². The van der Waals surface area contributed by atoms with Crippen LogP contribution in [0.5, 0.6) is 0 Å². The normalized spacial score (nSPS) is 17.6. The minimum atomic E-state index is -1.76. The van der Waals surface area contributed by atoms with Crippen molar-refractivity contribution in [3.05, 3.63) is 0 Å². The first-order valence-electron chi connectivity index (χ1n) is 16.8. The first kappa shape index (κ1) is 43.3. The van der Waals surface area contributed by atoms with E-state index in [4.69, 9.17) is 5.11 Å². The van der Waals surface area contributed by atoms with E-state index in [-0.39, 0.29) is 12.5 Å². The van der Waals surface area contributed by atoms with E-state index in [9.17, 15) is 48.3 Å². The lowest BCUT2D eigenvalue weighted by atomic mass is 9.95. The molecule has 0 aromatic heterocycles. The zero-order valence-electron chi connectivity index (χ0n) is 29.8. The van der Waals surface area contributed by atoms with E-state index in [2.05, 4.69) is 31.9 Å². The molecule has 0 bridgehead atoms. The summed E-state index contributed by atoms with van der Waals surface area (Å²) in [5.74, 6) is -9.05. The van der Waals surface area contributed by atoms with Gasteiger partial charge in [0, 0.05) is 20.5 Å². The molecule has 1 heterocycles. The molecule has 0 spiro atoms. The lowest BCUT2D eigenvalue weighted by molar-refractivity contribution is -0.144. The number of hydrogen-bond acceptors (Lipinski definition) is 9. The number of nitrogens with zero attached hydrogens (tertiary/aromatic N) is 1. The third-order valence-electron chi connectivity index (χ3n) is 8.40. The molecule has 282 valence electrons. The average Bonchev–Trinajstić information content (AvgIpc) is 3.53.